The smallest absolute Gasteiger partial charge is 0.148 e. The molecule has 0 aliphatic heterocycles. The van der Waals surface area contributed by atoms with Crippen LogP contribution in [0.3, 0.4) is 0 Å². The molecule has 1 aromatic carbocycles. The Bertz CT molecular complexity index is 351. The zero-order valence-corrected chi connectivity index (χ0v) is 5.19. The third kappa shape index (κ3) is 0.620. The molecule has 2 heteroatoms. The lowest BCUT2D eigenvalue weighted by molar-refractivity contribution is 0.639. The number of aromatic amines is 1. The molecule has 1 heterocycles. The topological polar surface area (TPSA) is 15.8 Å². The minimum absolute atomic E-state index is 0.216. The summed E-state index contributed by atoms with van der Waals surface area (Å²) in [6.07, 6.45) is 1.35. The molecule has 0 saturated heterocycles. The summed E-state index contributed by atoms with van der Waals surface area (Å²) in [6.45, 7) is 0. The van der Waals surface area contributed by atoms with E-state index in [9.17, 15) is 4.39 Å². The molecule has 0 saturated carbocycles. The Kier molecular flexibility index (Phi) is 1.01. The molecule has 1 N–H and O–H groups in total. The number of H-pyrrole nitrogens is 1. The molecule has 0 aliphatic rings. The Balaban J connectivity index is 2.93. The van der Waals surface area contributed by atoms with Gasteiger partial charge in [0.25, 0.3) is 0 Å². The Hall–Kier alpha value is -1.31. The molecule has 0 atom stereocenters. The van der Waals surface area contributed by atoms with Gasteiger partial charge in [0.15, 0.2) is 0 Å². The van der Waals surface area contributed by atoms with Gasteiger partial charge in [0.05, 0.1) is 0 Å². The molecule has 0 bridgehead atoms. The Morgan fingerprint density at radius 1 is 1.50 bits per heavy atom. The fourth-order valence-electron chi connectivity index (χ4n) is 0.973. The van der Waals surface area contributed by atoms with Crippen molar-refractivity contribution < 1.29 is 4.39 Å². The van der Waals surface area contributed by atoms with Crippen molar-refractivity contribution in [2.45, 2.75) is 0 Å². The molecule has 1 nitrogen and oxygen atoms in total. The number of aromatic nitrogens is 1. The van der Waals surface area contributed by atoms with Crippen LogP contribution in [0.1, 0.15) is 0 Å². The fraction of sp³-hybridized carbons (Fsp3) is 0. The van der Waals surface area contributed by atoms with Crippen LogP contribution in [-0.2, 0) is 0 Å². The average molecular weight is 134 g/mol. The van der Waals surface area contributed by atoms with E-state index in [0.717, 1.165) is 5.52 Å². The van der Waals surface area contributed by atoms with Crippen LogP contribution in [0.4, 0.5) is 4.39 Å². The van der Waals surface area contributed by atoms with Crippen LogP contribution in [0.2, 0.25) is 0 Å². The Morgan fingerprint density at radius 3 is 3.20 bits per heavy atom. The second-order valence-electron chi connectivity index (χ2n) is 2.11. The summed E-state index contributed by atoms with van der Waals surface area (Å²) in [7, 11) is 0. The van der Waals surface area contributed by atoms with Gasteiger partial charge in [-0.05, 0) is 18.2 Å². The third-order valence-corrected chi connectivity index (χ3v) is 1.48. The molecule has 0 aliphatic carbocycles. The van der Waals surface area contributed by atoms with Crippen molar-refractivity contribution in [3.05, 3.63) is 36.3 Å². The van der Waals surface area contributed by atoms with Gasteiger partial charge in [-0.25, -0.2) is 4.39 Å². The fourth-order valence-corrected chi connectivity index (χ4v) is 0.973. The maximum atomic E-state index is 12.7. The van der Waals surface area contributed by atoms with Crippen molar-refractivity contribution >= 4 is 10.9 Å². The number of nitrogens with one attached hydrogen (secondary N) is 1. The van der Waals surface area contributed by atoms with Crippen molar-refractivity contribution in [3.8, 4) is 0 Å². The molecular weight excluding hydrogens is 129 g/mol. The van der Waals surface area contributed by atoms with E-state index in [1.807, 2.05) is 0 Å². The summed E-state index contributed by atoms with van der Waals surface area (Å²) < 4.78 is 12.7. The maximum absolute atomic E-state index is 12.7. The zero-order chi connectivity index (χ0) is 6.97. The summed E-state index contributed by atoms with van der Waals surface area (Å²) in [4.78, 5) is 2.79. The number of fused-ring (bicyclic) bond motifs is 1. The van der Waals surface area contributed by atoms with Gasteiger partial charge in [-0.1, -0.05) is 6.07 Å². The minimum Gasteiger partial charge on any atom is -0.359 e. The van der Waals surface area contributed by atoms with Crippen LogP contribution in [-0.4, -0.2) is 4.98 Å². The van der Waals surface area contributed by atoms with Gasteiger partial charge >= 0.3 is 0 Å². The van der Waals surface area contributed by atoms with E-state index in [1.165, 1.54) is 6.20 Å². The van der Waals surface area contributed by atoms with E-state index >= 15 is 0 Å². The normalized spacial score (nSPS) is 10.5. The van der Waals surface area contributed by atoms with Crippen molar-refractivity contribution in [2.75, 3.05) is 0 Å². The van der Waals surface area contributed by atoms with Gasteiger partial charge in [-0.15, -0.1) is 0 Å². The molecular formula is C8H5FN. The first-order valence-electron chi connectivity index (χ1n) is 3.00. The highest BCUT2D eigenvalue weighted by molar-refractivity contribution is 5.79. The first-order valence-corrected chi connectivity index (χ1v) is 3.00. The highest BCUT2D eigenvalue weighted by Crippen LogP contribution is 2.14. The summed E-state index contributed by atoms with van der Waals surface area (Å²) in [5.74, 6) is -0.216. The van der Waals surface area contributed by atoms with E-state index in [-0.39, 0.29) is 5.82 Å². The predicted molar refractivity (Wildman–Crippen MR) is 37.1 cm³/mol. The molecule has 2 aromatic rings. The molecule has 0 amide bonds. The molecule has 2 rings (SSSR count). The first-order chi connectivity index (χ1) is 4.88. The van der Waals surface area contributed by atoms with E-state index in [0.29, 0.717) is 5.39 Å². The van der Waals surface area contributed by atoms with E-state index in [1.54, 1.807) is 18.2 Å². The van der Waals surface area contributed by atoms with Crippen molar-refractivity contribution in [2.24, 2.45) is 0 Å². The second-order valence-corrected chi connectivity index (χ2v) is 2.11. The van der Waals surface area contributed by atoms with Gasteiger partial charge in [0.2, 0.25) is 0 Å². The standard InChI is InChI=1S/C8H5FN/c9-7-5-10-8-4-2-1-3-6(7)8/h2-5,10H. The summed E-state index contributed by atoms with van der Waals surface area (Å²) in [6, 6.07) is 7.97. The lowest BCUT2D eigenvalue weighted by atomic mass is 10.2. The number of rotatable bonds is 0. The van der Waals surface area contributed by atoms with E-state index in [2.05, 4.69) is 11.1 Å². The molecule has 0 fully saturated rings. The van der Waals surface area contributed by atoms with Gasteiger partial charge in [-0.3, -0.25) is 0 Å². The van der Waals surface area contributed by atoms with Crippen molar-refractivity contribution in [1.29, 1.82) is 0 Å². The van der Waals surface area contributed by atoms with E-state index in [4.69, 9.17) is 0 Å². The van der Waals surface area contributed by atoms with Gasteiger partial charge in [0, 0.05) is 17.1 Å². The second kappa shape index (κ2) is 1.84. The largest absolute Gasteiger partial charge is 0.359 e. The van der Waals surface area contributed by atoms with Crippen molar-refractivity contribution in [1.82, 2.24) is 4.98 Å². The SMILES string of the molecule is Fc1c[nH]c2cc[c]cc12. The molecule has 10 heavy (non-hydrogen) atoms. The monoisotopic (exact) mass is 134 g/mol. The quantitative estimate of drug-likeness (QED) is 0.568. The average Bonchev–Trinajstić information content (AvgIpc) is 2.34. The van der Waals surface area contributed by atoms with Crippen LogP contribution in [0.15, 0.2) is 24.4 Å². The zero-order valence-electron chi connectivity index (χ0n) is 5.19. The van der Waals surface area contributed by atoms with Crippen LogP contribution in [0.25, 0.3) is 10.9 Å². The minimum atomic E-state index is -0.216. The molecule has 0 unspecified atom stereocenters. The molecule has 49 valence electrons. The lowest BCUT2D eigenvalue weighted by Gasteiger charge is -1.84. The molecule has 0 spiro atoms. The number of hydrogen-bond acceptors (Lipinski definition) is 0. The van der Waals surface area contributed by atoms with Crippen LogP contribution in [0, 0.1) is 11.9 Å². The molecule has 1 aromatic heterocycles. The Morgan fingerprint density at radius 2 is 2.40 bits per heavy atom. The maximum Gasteiger partial charge on any atom is 0.148 e. The van der Waals surface area contributed by atoms with Crippen molar-refractivity contribution in [3.63, 3.8) is 0 Å². The number of hydrogen-bond donors (Lipinski definition) is 1. The third-order valence-electron chi connectivity index (χ3n) is 1.48. The molecule has 1 radical (unpaired) electrons. The lowest BCUT2D eigenvalue weighted by Crippen LogP contribution is -1.66. The number of halogens is 1. The first kappa shape index (κ1) is 5.47. The van der Waals surface area contributed by atoms with Crippen LogP contribution < -0.4 is 0 Å². The van der Waals surface area contributed by atoms with Gasteiger partial charge in [-0.2, -0.15) is 0 Å². The number of benzene rings is 1. The van der Waals surface area contributed by atoms with Gasteiger partial charge < -0.3 is 4.98 Å². The van der Waals surface area contributed by atoms with Crippen LogP contribution >= 0.6 is 0 Å². The van der Waals surface area contributed by atoms with Gasteiger partial charge in [0.1, 0.15) is 5.82 Å². The summed E-state index contributed by atoms with van der Waals surface area (Å²) in [5, 5.41) is 0.600. The highest BCUT2D eigenvalue weighted by Gasteiger charge is 1.98. The predicted octanol–water partition coefficient (Wildman–Crippen LogP) is 2.11. The summed E-state index contributed by atoms with van der Waals surface area (Å²) in [5.41, 5.74) is 0.816. The highest BCUT2D eigenvalue weighted by atomic mass is 19.1. The van der Waals surface area contributed by atoms with E-state index < -0.39 is 0 Å². The summed E-state index contributed by atoms with van der Waals surface area (Å²) >= 11 is 0. The Labute approximate surface area is 57.5 Å². The van der Waals surface area contributed by atoms with Crippen LogP contribution in [0.5, 0.6) is 0 Å².